The van der Waals surface area contributed by atoms with Gasteiger partial charge in [-0.05, 0) is 63.1 Å². The van der Waals surface area contributed by atoms with E-state index in [1.54, 1.807) is 0 Å². The van der Waals surface area contributed by atoms with Crippen molar-refractivity contribution in [2.45, 2.75) is 39.8 Å². The Morgan fingerprint density at radius 3 is 1.10 bits per heavy atom. The molecule has 2 aromatic carbocycles. The first-order valence-corrected chi connectivity index (χ1v) is 7.28. The van der Waals surface area contributed by atoms with Crippen LogP contribution >= 0.6 is 0 Å². The summed E-state index contributed by atoms with van der Waals surface area (Å²) in [7, 11) is 0. The highest BCUT2D eigenvalue weighted by molar-refractivity contribution is 5.68. The number of hydrogen-bond donors (Lipinski definition) is 2. The molecule has 0 amide bonds. The minimum Gasteiger partial charge on any atom is -0.383 e. The second-order valence-electron chi connectivity index (χ2n) is 5.75. The summed E-state index contributed by atoms with van der Waals surface area (Å²) in [6.45, 7) is 8.59. The molecule has 0 aliphatic heterocycles. The van der Waals surface area contributed by atoms with E-state index in [9.17, 15) is 0 Å². The van der Waals surface area contributed by atoms with Gasteiger partial charge in [0.05, 0.1) is 0 Å². The van der Waals surface area contributed by atoms with Crippen LogP contribution in [0, 0.1) is 0 Å². The average molecular weight is 268 g/mol. The Morgan fingerprint density at radius 2 is 0.850 bits per heavy atom. The zero-order chi connectivity index (χ0) is 14.5. The molecule has 106 valence electrons. The molecule has 2 rings (SSSR count). The van der Waals surface area contributed by atoms with Gasteiger partial charge in [-0.2, -0.15) is 0 Å². The SMILES string of the molecule is CC(C)Nc1ccc(-c2ccc(NC(C)C)cc2)cc1. The van der Waals surface area contributed by atoms with Crippen molar-refractivity contribution in [1.82, 2.24) is 0 Å². The van der Waals surface area contributed by atoms with Crippen LogP contribution in [0.25, 0.3) is 11.1 Å². The smallest absolute Gasteiger partial charge is 0.0342 e. The maximum absolute atomic E-state index is 3.40. The molecule has 0 saturated heterocycles. The standard InChI is InChI=1S/C18H24N2/c1-13(2)19-17-9-5-15(6-10-17)16-7-11-18(12-8-16)20-14(3)4/h5-14,19-20H,1-4H3. The van der Waals surface area contributed by atoms with Crippen molar-refractivity contribution in [3.63, 3.8) is 0 Å². The van der Waals surface area contributed by atoms with E-state index >= 15 is 0 Å². The van der Waals surface area contributed by atoms with E-state index in [2.05, 4.69) is 86.9 Å². The van der Waals surface area contributed by atoms with E-state index in [0.29, 0.717) is 12.1 Å². The van der Waals surface area contributed by atoms with Crippen LogP contribution < -0.4 is 10.6 Å². The lowest BCUT2D eigenvalue weighted by Crippen LogP contribution is -2.09. The van der Waals surface area contributed by atoms with Gasteiger partial charge in [0.1, 0.15) is 0 Å². The van der Waals surface area contributed by atoms with Gasteiger partial charge in [-0.25, -0.2) is 0 Å². The first-order chi connectivity index (χ1) is 9.54. The van der Waals surface area contributed by atoms with Crippen molar-refractivity contribution in [1.29, 1.82) is 0 Å². The molecular formula is C18H24N2. The topological polar surface area (TPSA) is 24.1 Å². The third-order valence-corrected chi connectivity index (χ3v) is 3.01. The third-order valence-electron chi connectivity index (χ3n) is 3.01. The summed E-state index contributed by atoms with van der Waals surface area (Å²) in [6.07, 6.45) is 0. The summed E-state index contributed by atoms with van der Waals surface area (Å²) in [6, 6.07) is 18.1. The van der Waals surface area contributed by atoms with Gasteiger partial charge < -0.3 is 10.6 Å². The lowest BCUT2D eigenvalue weighted by Gasteiger charge is -2.12. The van der Waals surface area contributed by atoms with Crippen LogP contribution in [0.3, 0.4) is 0 Å². The number of anilines is 2. The van der Waals surface area contributed by atoms with Crippen molar-refractivity contribution in [3.05, 3.63) is 48.5 Å². The monoisotopic (exact) mass is 268 g/mol. The number of rotatable bonds is 5. The molecule has 0 bridgehead atoms. The Morgan fingerprint density at radius 1 is 0.550 bits per heavy atom. The van der Waals surface area contributed by atoms with Crippen molar-refractivity contribution in [2.24, 2.45) is 0 Å². The van der Waals surface area contributed by atoms with Gasteiger partial charge in [-0.1, -0.05) is 24.3 Å². The Labute approximate surface area is 122 Å². The molecule has 2 aromatic rings. The predicted octanol–water partition coefficient (Wildman–Crippen LogP) is 4.99. The highest BCUT2D eigenvalue weighted by atomic mass is 14.9. The molecule has 0 heterocycles. The van der Waals surface area contributed by atoms with Crippen molar-refractivity contribution in [2.75, 3.05) is 10.6 Å². The molecule has 2 N–H and O–H groups in total. The Balaban J connectivity index is 2.11. The number of benzene rings is 2. The van der Waals surface area contributed by atoms with E-state index in [4.69, 9.17) is 0 Å². The normalized spacial score (nSPS) is 10.9. The summed E-state index contributed by atoms with van der Waals surface area (Å²) in [5.41, 5.74) is 4.83. The molecule has 0 radical (unpaired) electrons. The lowest BCUT2D eigenvalue weighted by atomic mass is 10.0. The molecule has 0 aliphatic carbocycles. The first kappa shape index (κ1) is 14.4. The molecule has 0 fully saturated rings. The Bertz CT molecular complexity index is 473. The maximum atomic E-state index is 3.40. The second-order valence-corrected chi connectivity index (χ2v) is 5.75. The number of nitrogens with one attached hydrogen (secondary N) is 2. The van der Waals surface area contributed by atoms with E-state index < -0.39 is 0 Å². The molecule has 0 unspecified atom stereocenters. The molecule has 2 nitrogen and oxygen atoms in total. The van der Waals surface area contributed by atoms with Gasteiger partial charge in [0.15, 0.2) is 0 Å². The molecule has 0 atom stereocenters. The quantitative estimate of drug-likeness (QED) is 0.798. The van der Waals surface area contributed by atoms with Gasteiger partial charge in [-0.15, -0.1) is 0 Å². The molecule has 0 spiro atoms. The van der Waals surface area contributed by atoms with Crippen LogP contribution in [0.5, 0.6) is 0 Å². The Hall–Kier alpha value is -1.96. The van der Waals surface area contributed by atoms with Gasteiger partial charge in [0.2, 0.25) is 0 Å². The van der Waals surface area contributed by atoms with Crippen LogP contribution in [-0.2, 0) is 0 Å². The zero-order valence-corrected chi connectivity index (χ0v) is 12.8. The predicted molar refractivity (Wildman–Crippen MR) is 89.4 cm³/mol. The zero-order valence-electron chi connectivity index (χ0n) is 12.8. The summed E-state index contributed by atoms with van der Waals surface area (Å²) in [5, 5.41) is 6.81. The maximum Gasteiger partial charge on any atom is 0.0342 e. The highest BCUT2D eigenvalue weighted by Crippen LogP contribution is 2.23. The molecule has 0 saturated carbocycles. The van der Waals surface area contributed by atoms with Crippen LogP contribution in [0.2, 0.25) is 0 Å². The minimum absolute atomic E-state index is 0.460. The molecule has 2 heteroatoms. The largest absolute Gasteiger partial charge is 0.383 e. The summed E-state index contributed by atoms with van der Waals surface area (Å²) in [4.78, 5) is 0. The fourth-order valence-corrected chi connectivity index (χ4v) is 2.18. The van der Waals surface area contributed by atoms with E-state index in [1.807, 2.05) is 0 Å². The molecule has 0 aliphatic rings. The van der Waals surface area contributed by atoms with Gasteiger partial charge in [-0.3, -0.25) is 0 Å². The second kappa shape index (κ2) is 6.47. The van der Waals surface area contributed by atoms with E-state index in [0.717, 1.165) is 0 Å². The van der Waals surface area contributed by atoms with Crippen molar-refractivity contribution < 1.29 is 0 Å². The Kier molecular flexibility index (Phi) is 4.67. The minimum atomic E-state index is 0.460. The van der Waals surface area contributed by atoms with E-state index in [-0.39, 0.29) is 0 Å². The van der Waals surface area contributed by atoms with Gasteiger partial charge in [0, 0.05) is 23.5 Å². The molecule has 0 aromatic heterocycles. The van der Waals surface area contributed by atoms with Crippen LogP contribution in [-0.4, -0.2) is 12.1 Å². The lowest BCUT2D eigenvalue weighted by molar-refractivity contribution is 0.899. The highest BCUT2D eigenvalue weighted by Gasteiger charge is 2.00. The number of hydrogen-bond acceptors (Lipinski definition) is 2. The van der Waals surface area contributed by atoms with Crippen LogP contribution in [0.4, 0.5) is 11.4 Å². The van der Waals surface area contributed by atoms with Crippen molar-refractivity contribution in [3.8, 4) is 11.1 Å². The summed E-state index contributed by atoms with van der Waals surface area (Å²) < 4.78 is 0. The van der Waals surface area contributed by atoms with Gasteiger partial charge >= 0.3 is 0 Å². The summed E-state index contributed by atoms with van der Waals surface area (Å²) in [5.74, 6) is 0. The summed E-state index contributed by atoms with van der Waals surface area (Å²) >= 11 is 0. The van der Waals surface area contributed by atoms with E-state index in [1.165, 1.54) is 22.5 Å². The fraction of sp³-hybridized carbons (Fsp3) is 0.333. The first-order valence-electron chi connectivity index (χ1n) is 7.28. The van der Waals surface area contributed by atoms with Crippen molar-refractivity contribution >= 4 is 11.4 Å². The van der Waals surface area contributed by atoms with Crippen LogP contribution in [0.1, 0.15) is 27.7 Å². The van der Waals surface area contributed by atoms with Gasteiger partial charge in [0.25, 0.3) is 0 Å². The average Bonchev–Trinajstić information content (AvgIpc) is 2.39. The third kappa shape index (κ3) is 4.02. The molecule has 20 heavy (non-hydrogen) atoms. The fourth-order valence-electron chi connectivity index (χ4n) is 2.18. The molecular weight excluding hydrogens is 244 g/mol. The van der Waals surface area contributed by atoms with Crippen LogP contribution in [0.15, 0.2) is 48.5 Å².